The molecule has 0 aliphatic rings. The van der Waals surface area contributed by atoms with Crippen molar-refractivity contribution < 1.29 is 0 Å². The summed E-state index contributed by atoms with van der Waals surface area (Å²) in [6.07, 6.45) is 0.797. The molecule has 0 radical (unpaired) electrons. The molecule has 2 aromatic heterocycles. The summed E-state index contributed by atoms with van der Waals surface area (Å²) in [4.78, 5) is 18.7. The van der Waals surface area contributed by atoms with Gasteiger partial charge in [0.1, 0.15) is 0 Å². The summed E-state index contributed by atoms with van der Waals surface area (Å²) in [6, 6.07) is 26.7. The molecule has 188 valence electrons. The molecule has 1 atom stereocenters. The zero-order valence-electron chi connectivity index (χ0n) is 21.6. The number of benzene rings is 3. The van der Waals surface area contributed by atoms with E-state index >= 15 is 0 Å². The van der Waals surface area contributed by atoms with Crippen LogP contribution in [0.2, 0.25) is 0 Å². The molecule has 7 heteroatoms. The number of aromatic nitrogens is 5. The van der Waals surface area contributed by atoms with E-state index in [-0.39, 0.29) is 11.6 Å². The van der Waals surface area contributed by atoms with E-state index in [9.17, 15) is 4.79 Å². The summed E-state index contributed by atoms with van der Waals surface area (Å²) in [7, 11) is 0. The highest BCUT2D eigenvalue weighted by Crippen LogP contribution is 2.27. The van der Waals surface area contributed by atoms with Crippen LogP contribution in [0, 0.1) is 13.8 Å². The molecule has 0 saturated heterocycles. The SMILES string of the molecule is CC[C@@H](c1nnnn1Cc1ccccc1)N(Cc1ccccc1)Cc1cc2ccc(C)c(C)c2[nH]c1=O. The minimum atomic E-state index is -0.0752. The smallest absolute Gasteiger partial charge is 0.252 e. The molecular weight excluding hydrogens is 460 g/mol. The fraction of sp³-hybridized carbons (Fsp3) is 0.267. The molecule has 0 unspecified atom stereocenters. The maximum absolute atomic E-state index is 13.3. The third kappa shape index (κ3) is 5.37. The fourth-order valence-electron chi connectivity index (χ4n) is 4.92. The number of hydrogen-bond acceptors (Lipinski definition) is 5. The highest BCUT2D eigenvalue weighted by molar-refractivity contribution is 5.83. The number of fused-ring (bicyclic) bond motifs is 1. The zero-order chi connectivity index (χ0) is 25.8. The molecule has 1 N–H and O–H groups in total. The summed E-state index contributed by atoms with van der Waals surface area (Å²) in [6.45, 7) is 7.99. The monoisotopic (exact) mass is 492 g/mol. The Morgan fingerprint density at radius 1 is 0.919 bits per heavy atom. The van der Waals surface area contributed by atoms with Crippen LogP contribution in [0.1, 0.15) is 53.0 Å². The highest BCUT2D eigenvalue weighted by Gasteiger charge is 2.26. The van der Waals surface area contributed by atoms with Crippen molar-refractivity contribution in [1.29, 1.82) is 0 Å². The standard InChI is InChI=1S/C30H32N6O/c1-4-27(29-32-33-34-36(29)19-24-13-9-6-10-14-24)35(18-23-11-7-5-8-12-23)20-26-17-25-16-15-21(2)22(3)28(25)31-30(26)37/h5-17,27H,4,18-20H2,1-3H3,(H,31,37)/t27-/m0/s1. The molecule has 0 bridgehead atoms. The lowest BCUT2D eigenvalue weighted by Crippen LogP contribution is -2.32. The van der Waals surface area contributed by atoms with Gasteiger partial charge in [0, 0.05) is 18.7 Å². The molecule has 0 fully saturated rings. The lowest BCUT2D eigenvalue weighted by Gasteiger charge is -2.30. The average Bonchev–Trinajstić information content (AvgIpc) is 3.36. The molecule has 0 amide bonds. The zero-order valence-corrected chi connectivity index (χ0v) is 21.6. The lowest BCUT2D eigenvalue weighted by atomic mass is 10.0. The summed E-state index contributed by atoms with van der Waals surface area (Å²) in [5, 5.41) is 13.8. The van der Waals surface area contributed by atoms with Crippen LogP contribution in [0.15, 0.2) is 83.7 Å². The normalized spacial score (nSPS) is 12.3. The molecule has 5 aromatic rings. The maximum Gasteiger partial charge on any atom is 0.252 e. The second kappa shape index (κ2) is 10.9. The third-order valence-electron chi connectivity index (χ3n) is 7.09. The molecule has 7 nitrogen and oxygen atoms in total. The topological polar surface area (TPSA) is 79.7 Å². The summed E-state index contributed by atoms with van der Waals surface area (Å²) in [5.41, 5.74) is 6.16. The lowest BCUT2D eigenvalue weighted by molar-refractivity contribution is 0.161. The van der Waals surface area contributed by atoms with E-state index in [1.165, 1.54) is 5.56 Å². The van der Waals surface area contributed by atoms with Crippen molar-refractivity contribution in [3.63, 3.8) is 0 Å². The third-order valence-corrected chi connectivity index (χ3v) is 7.09. The van der Waals surface area contributed by atoms with Crippen LogP contribution in [-0.4, -0.2) is 30.1 Å². The van der Waals surface area contributed by atoms with Gasteiger partial charge in [-0.1, -0.05) is 79.7 Å². The number of nitrogens with zero attached hydrogens (tertiary/aromatic N) is 5. The van der Waals surface area contributed by atoms with Crippen molar-refractivity contribution in [1.82, 2.24) is 30.1 Å². The Balaban J connectivity index is 1.53. The number of pyridine rings is 1. The van der Waals surface area contributed by atoms with Gasteiger partial charge in [0.15, 0.2) is 5.82 Å². The Morgan fingerprint density at radius 2 is 1.62 bits per heavy atom. The van der Waals surface area contributed by atoms with Crippen LogP contribution in [0.5, 0.6) is 0 Å². The average molecular weight is 493 g/mol. The van der Waals surface area contributed by atoms with Gasteiger partial charge in [0.05, 0.1) is 18.1 Å². The Kier molecular flexibility index (Phi) is 7.23. The van der Waals surface area contributed by atoms with Crippen LogP contribution >= 0.6 is 0 Å². The largest absolute Gasteiger partial charge is 0.321 e. The Hall–Kier alpha value is -4.10. The molecule has 0 aliphatic heterocycles. The van der Waals surface area contributed by atoms with Gasteiger partial charge < -0.3 is 4.98 Å². The number of H-pyrrole nitrogens is 1. The Bertz CT molecular complexity index is 1540. The van der Waals surface area contributed by atoms with E-state index in [1.807, 2.05) is 47.1 Å². The van der Waals surface area contributed by atoms with Gasteiger partial charge >= 0.3 is 0 Å². The van der Waals surface area contributed by atoms with Crippen molar-refractivity contribution in [3.05, 3.63) is 123 Å². The molecule has 5 rings (SSSR count). The second-order valence-electron chi connectivity index (χ2n) is 9.59. The number of aromatic amines is 1. The first kappa shape index (κ1) is 24.6. The molecule has 0 saturated carbocycles. The number of rotatable bonds is 9. The first-order chi connectivity index (χ1) is 18.0. The van der Waals surface area contributed by atoms with E-state index in [2.05, 4.69) is 82.6 Å². The van der Waals surface area contributed by atoms with E-state index < -0.39 is 0 Å². The summed E-state index contributed by atoms with van der Waals surface area (Å²) in [5.74, 6) is 0.797. The van der Waals surface area contributed by atoms with Crippen molar-refractivity contribution in [3.8, 4) is 0 Å². The first-order valence-corrected chi connectivity index (χ1v) is 12.7. The molecule has 0 spiro atoms. The van der Waals surface area contributed by atoms with Gasteiger partial charge in [-0.2, -0.15) is 0 Å². The number of nitrogens with one attached hydrogen (secondary N) is 1. The number of aryl methyl sites for hydroxylation is 2. The van der Waals surface area contributed by atoms with Gasteiger partial charge in [-0.3, -0.25) is 9.69 Å². The van der Waals surface area contributed by atoms with E-state index in [0.29, 0.717) is 19.6 Å². The first-order valence-electron chi connectivity index (χ1n) is 12.7. The number of hydrogen-bond donors (Lipinski definition) is 1. The predicted octanol–water partition coefficient (Wildman–Crippen LogP) is 5.33. The summed E-state index contributed by atoms with van der Waals surface area (Å²) >= 11 is 0. The predicted molar refractivity (Wildman–Crippen MR) is 146 cm³/mol. The Labute approximate surface area is 216 Å². The molecule has 2 heterocycles. The summed E-state index contributed by atoms with van der Waals surface area (Å²) < 4.78 is 1.87. The Morgan fingerprint density at radius 3 is 2.32 bits per heavy atom. The van der Waals surface area contributed by atoms with Crippen molar-refractivity contribution in [2.24, 2.45) is 0 Å². The van der Waals surface area contributed by atoms with E-state index in [0.717, 1.165) is 45.4 Å². The van der Waals surface area contributed by atoms with Crippen LogP contribution in [0.4, 0.5) is 0 Å². The van der Waals surface area contributed by atoms with Gasteiger partial charge in [-0.15, -0.1) is 5.10 Å². The molecule has 3 aromatic carbocycles. The second-order valence-corrected chi connectivity index (χ2v) is 9.59. The van der Waals surface area contributed by atoms with Crippen LogP contribution in [-0.2, 0) is 19.6 Å². The van der Waals surface area contributed by atoms with Crippen LogP contribution in [0.25, 0.3) is 10.9 Å². The molecule has 37 heavy (non-hydrogen) atoms. The van der Waals surface area contributed by atoms with Crippen molar-refractivity contribution >= 4 is 10.9 Å². The maximum atomic E-state index is 13.3. The van der Waals surface area contributed by atoms with Gasteiger partial charge in [-0.05, 0) is 64.4 Å². The number of tetrazole rings is 1. The fourth-order valence-corrected chi connectivity index (χ4v) is 4.92. The highest BCUT2D eigenvalue weighted by atomic mass is 16.1. The quantitative estimate of drug-likeness (QED) is 0.301. The van der Waals surface area contributed by atoms with Crippen molar-refractivity contribution in [2.45, 2.75) is 52.9 Å². The van der Waals surface area contributed by atoms with Gasteiger partial charge in [0.25, 0.3) is 5.56 Å². The van der Waals surface area contributed by atoms with Crippen molar-refractivity contribution in [2.75, 3.05) is 0 Å². The van der Waals surface area contributed by atoms with E-state index in [4.69, 9.17) is 0 Å². The molecule has 0 aliphatic carbocycles. The molecular formula is C30H32N6O. The minimum Gasteiger partial charge on any atom is -0.321 e. The van der Waals surface area contributed by atoms with Gasteiger partial charge in [-0.25, -0.2) is 4.68 Å². The van der Waals surface area contributed by atoms with E-state index in [1.54, 1.807) is 0 Å². The van der Waals surface area contributed by atoms with Crippen LogP contribution in [0.3, 0.4) is 0 Å². The van der Waals surface area contributed by atoms with Gasteiger partial charge in [0.2, 0.25) is 0 Å². The van der Waals surface area contributed by atoms with Crippen LogP contribution < -0.4 is 5.56 Å². The minimum absolute atomic E-state index is 0.0574.